The summed E-state index contributed by atoms with van der Waals surface area (Å²) in [5, 5.41) is 5.71. The van der Waals surface area contributed by atoms with Gasteiger partial charge in [0.15, 0.2) is 0 Å². The molecular formula is C31H29FN4O4. The summed E-state index contributed by atoms with van der Waals surface area (Å²) in [7, 11) is 0. The largest absolute Gasteiger partial charge is 0.487 e. The molecule has 204 valence electrons. The third kappa shape index (κ3) is 6.81. The number of amides is 2. The third-order valence-corrected chi connectivity index (χ3v) is 6.49. The van der Waals surface area contributed by atoms with Gasteiger partial charge in [-0.2, -0.15) is 0 Å². The van der Waals surface area contributed by atoms with E-state index in [-0.39, 0.29) is 11.5 Å². The molecule has 0 unspecified atom stereocenters. The number of benzene rings is 3. The fourth-order valence-electron chi connectivity index (χ4n) is 4.28. The molecule has 1 saturated heterocycles. The number of rotatable bonds is 8. The maximum Gasteiger partial charge on any atom is 0.255 e. The van der Waals surface area contributed by atoms with Gasteiger partial charge < -0.3 is 25.0 Å². The van der Waals surface area contributed by atoms with Crippen LogP contribution in [0.4, 0.5) is 21.5 Å². The van der Waals surface area contributed by atoms with Crippen molar-refractivity contribution in [2.75, 3.05) is 41.8 Å². The van der Waals surface area contributed by atoms with Crippen LogP contribution in [-0.2, 0) is 11.3 Å². The van der Waals surface area contributed by atoms with Gasteiger partial charge in [0.05, 0.1) is 18.9 Å². The molecule has 0 atom stereocenters. The van der Waals surface area contributed by atoms with Crippen molar-refractivity contribution in [2.45, 2.75) is 13.5 Å². The maximum atomic E-state index is 14.4. The van der Waals surface area contributed by atoms with Crippen LogP contribution < -0.4 is 20.3 Å². The Morgan fingerprint density at radius 2 is 1.70 bits per heavy atom. The van der Waals surface area contributed by atoms with Gasteiger partial charge in [0, 0.05) is 47.5 Å². The van der Waals surface area contributed by atoms with Crippen molar-refractivity contribution in [3.8, 4) is 5.75 Å². The van der Waals surface area contributed by atoms with Gasteiger partial charge in [-0.25, -0.2) is 4.39 Å². The van der Waals surface area contributed by atoms with Crippen LogP contribution in [0.1, 0.15) is 32.0 Å². The first kappa shape index (κ1) is 26.8. The van der Waals surface area contributed by atoms with E-state index in [1.165, 1.54) is 12.1 Å². The quantitative estimate of drug-likeness (QED) is 0.309. The highest BCUT2D eigenvalue weighted by Crippen LogP contribution is 2.24. The number of carbonyl (C=O) groups is 2. The van der Waals surface area contributed by atoms with Gasteiger partial charge in [0.2, 0.25) is 0 Å². The average Bonchev–Trinajstić information content (AvgIpc) is 2.98. The summed E-state index contributed by atoms with van der Waals surface area (Å²) >= 11 is 0. The number of morpholine rings is 1. The van der Waals surface area contributed by atoms with E-state index in [9.17, 15) is 14.0 Å². The lowest BCUT2D eigenvalue weighted by Crippen LogP contribution is -2.36. The minimum absolute atomic E-state index is 0.206. The fourth-order valence-corrected chi connectivity index (χ4v) is 4.28. The molecule has 0 spiro atoms. The van der Waals surface area contributed by atoms with Crippen molar-refractivity contribution < 1.29 is 23.5 Å². The van der Waals surface area contributed by atoms with Gasteiger partial charge in [0.1, 0.15) is 18.2 Å². The summed E-state index contributed by atoms with van der Waals surface area (Å²) in [5.74, 6) is -0.615. The molecule has 2 N–H and O–H groups in total. The molecule has 8 nitrogen and oxygen atoms in total. The van der Waals surface area contributed by atoms with E-state index < -0.39 is 11.7 Å². The number of nitrogens with zero attached hydrogens (tertiary/aromatic N) is 2. The van der Waals surface area contributed by atoms with E-state index in [4.69, 9.17) is 9.47 Å². The Morgan fingerprint density at radius 1 is 0.925 bits per heavy atom. The van der Waals surface area contributed by atoms with Crippen LogP contribution in [0.5, 0.6) is 5.75 Å². The van der Waals surface area contributed by atoms with Crippen LogP contribution in [0.3, 0.4) is 0 Å². The van der Waals surface area contributed by atoms with Gasteiger partial charge in [-0.3, -0.25) is 14.6 Å². The Labute approximate surface area is 231 Å². The lowest BCUT2D eigenvalue weighted by Gasteiger charge is -2.29. The molecule has 0 radical (unpaired) electrons. The first-order chi connectivity index (χ1) is 19.4. The monoisotopic (exact) mass is 540 g/mol. The minimum Gasteiger partial charge on any atom is -0.487 e. The van der Waals surface area contributed by atoms with E-state index in [0.717, 1.165) is 11.3 Å². The van der Waals surface area contributed by atoms with E-state index in [1.54, 1.807) is 54.7 Å². The van der Waals surface area contributed by atoms with Crippen LogP contribution >= 0.6 is 0 Å². The third-order valence-electron chi connectivity index (χ3n) is 6.49. The minimum atomic E-state index is -0.487. The van der Waals surface area contributed by atoms with Crippen molar-refractivity contribution in [1.29, 1.82) is 0 Å². The highest BCUT2D eigenvalue weighted by Gasteiger charge is 2.16. The second kappa shape index (κ2) is 12.4. The maximum absolute atomic E-state index is 14.4. The molecular weight excluding hydrogens is 511 g/mol. The predicted molar refractivity (Wildman–Crippen MR) is 152 cm³/mol. The Morgan fingerprint density at radius 3 is 2.45 bits per heavy atom. The summed E-state index contributed by atoms with van der Waals surface area (Å²) in [4.78, 5) is 32.1. The Kier molecular flexibility index (Phi) is 8.32. The number of ether oxygens (including phenoxy) is 2. The molecule has 0 saturated carbocycles. The Bertz CT molecular complexity index is 1490. The number of carbonyl (C=O) groups excluding carboxylic acids is 2. The molecule has 1 aliphatic heterocycles. The molecule has 2 amide bonds. The first-order valence-corrected chi connectivity index (χ1v) is 12.9. The van der Waals surface area contributed by atoms with Crippen LogP contribution in [0.2, 0.25) is 0 Å². The first-order valence-electron chi connectivity index (χ1n) is 12.9. The molecule has 3 aromatic carbocycles. The van der Waals surface area contributed by atoms with Crippen molar-refractivity contribution in [3.63, 3.8) is 0 Å². The van der Waals surface area contributed by atoms with Crippen molar-refractivity contribution >= 4 is 28.9 Å². The topological polar surface area (TPSA) is 92.8 Å². The summed E-state index contributed by atoms with van der Waals surface area (Å²) in [6.45, 7) is 4.56. The molecule has 0 bridgehead atoms. The van der Waals surface area contributed by atoms with Crippen LogP contribution in [0.25, 0.3) is 0 Å². The van der Waals surface area contributed by atoms with Gasteiger partial charge in [0.25, 0.3) is 11.8 Å². The van der Waals surface area contributed by atoms with E-state index in [0.29, 0.717) is 61.3 Å². The van der Waals surface area contributed by atoms with Crippen LogP contribution in [0.15, 0.2) is 85.1 Å². The number of anilines is 3. The summed E-state index contributed by atoms with van der Waals surface area (Å²) in [6, 6.07) is 21.9. The number of pyridine rings is 1. The number of nitrogens with one attached hydrogen (secondary N) is 2. The number of hydrogen-bond acceptors (Lipinski definition) is 6. The highest BCUT2D eigenvalue weighted by atomic mass is 19.1. The molecule has 1 aromatic heterocycles. The molecule has 5 rings (SSSR count). The molecule has 9 heteroatoms. The number of aromatic nitrogens is 1. The van der Waals surface area contributed by atoms with Crippen molar-refractivity contribution in [2.24, 2.45) is 0 Å². The van der Waals surface area contributed by atoms with Gasteiger partial charge >= 0.3 is 0 Å². The average molecular weight is 541 g/mol. The van der Waals surface area contributed by atoms with Crippen molar-refractivity contribution in [3.05, 3.63) is 113 Å². The van der Waals surface area contributed by atoms with E-state index in [2.05, 4.69) is 15.6 Å². The summed E-state index contributed by atoms with van der Waals surface area (Å²) in [5.41, 5.74) is 3.95. The zero-order valence-electron chi connectivity index (χ0n) is 22.0. The summed E-state index contributed by atoms with van der Waals surface area (Å²) < 4.78 is 25.5. The van der Waals surface area contributed by atoms with Crippen LogP contribution in [-0.4, -0.2) is 43.1 Å². The molecule has 1 fully saturated rings. The number of halogens is 1. The van der Waals surface area contributed by atoms with Gasteiger partial charge in [-0.15, -0.1) is 0 Å². The van der Waals surface area contributed by atoms with Gasteiger partial charge in [-0.05, 0) is 79.2 Å². The zero-order chi connectivity index (χ0) is 27.9. The smallest absolute Gasteiger partial charge is 0.255 e. The Hall–Kier alpha value is -4.76. The second-order valence-electron chi connectivity index (χ2n) is 9.37. The molecule has 40 heavy (non-hydrogen) atoms. The fraction of sp³-hybridized carbons (Fsp3) is 0.194. The number of aryl methyl sites for hydroxylation is 1. The summed E-state index contributed by atoms with van der Waals surface area (Å²) in [6.07, 6.45) is 1.71. The number of hydrogen-bond donors (Lipinski definition) is 2. The van der Waals surface area contributed by atoms with Gasteiger partial charge in [-0.1, -0.05) is 12.1 Å². The second-order valence-corrected chi connectivity index (χ2v) is 9.37. The predicted octanol–water partition coefficient (Wildman–Crippen LogP) is 5.45. The molecule has 4 aromatic rings. The van der Waals surface area contributed by atoms with Crippen LogP contribution in [0, 0.1) is 12.7 Å². The molecule has 1 aliphatic rings. The normalized spacial score (nSPS) is 13.0. The standard InChI is InChI=1S/C31H29FN4O4/c1-21-5-8-25(34-31(38)23-16-24(32)18-27(17-23)36-12-14-39-15-13-36)19-29(21)35-30(37)22-6-9-28(10-7-22)40-20-26-4-2-3-11-33-26/h2-11,16-19H,12-15,20H2,1H3,(H,34,38)(H,35,37). The van der Waals surface area contributed by atoms with E-state index in [1.807, 2.05) is 30.0 Å². The molecule has 0 aliphatic carbocycles. The van der Waals surface area contributed by atoms with Crippen molar-refractivity contribution in [1.82, 2.24) is 4.98 Å². The lowest BCUT2D eigenvalue weighted by atomic mass is 10.1. The highest BCUT2D eigenvalue weighted by molar-refractivity contribution is 6.07. The molecule has 2 heterocycles. The zero-order valence-corrected chi connectivity index (χ0v) is 22.0. The Balaban J connectivity index is 1.23. The van der Waals surface area contributed by atoms with E-state index >= 15 is 0 Å². The lowest BCUT2D eigenvalue weighted by molar-refractivity contribution is 0.101. The SMILES string of the molecule is Cc1ccc(NC(=O)c2cc(F)cc(N3CCOCC3)c2)cc1NC(=O)c1ccc(OCc2ccccn2)cc1.